The molecule has 23 heavy (non-hydrogen) atoms. The minimum absolute atomic E-state index is 0.101. The van der Waals surface area contributed by atoms with Crippen LogP contribution in [0.3, 0.4) is 0 Å². The number of para-hydroxylation sites is 1. The molecule has 3 aliphatic heterocycles. The number of rotatable bonds is 3. The Kier molecular flexibility index (Phi) is 3.79. The van der Waals surface area contributed by atoms with E-state index in [0.717, 1.165) is 24.5 Å². The average molecular weight is 329 g/mol. The molecule has 1 aromatic carbocycles. The standard InChI is InChI=1S/C17H19N3O2S/c21-14-4-2-1-3-12(14)15-9-18-17(23-15)16(22)19-13-10-20-7-5-11(13)6-8-20/h1-4,9,11,13,21H,5-8,10H2,(H,19,22)/t13-/m0/s1. The van der Waals surface area contributed by atoms with Crippen LogP contribution < -0.4 is 5.32 Å². The van der Waals surface area contributed by atoms with Crippen LogP contribution in [0.5, 0.6) is 5.75 Å². The van der Waals surface area contributed by atoms with Gasteiger partial charge in [-0.3, -0.25) is 4.79 Å². The molecule has 0 saturated carbocycles. The number of aromatic hydroxyl groups is 1. The molecule has 2 N–H and O–H groups in total. The van der Waals surface area contributed by atoms with Crippen molar-refractivity contribution in [3.63, 3.8) is 0 Å². The van der Waals surface area contributed by atoms with Crippen LogP contribution in [0, 0.1) is 5.92 Å². The lowest BCUT2D eigenvalue weighted by Crippen LogP contribution is -2.57. The fourth-order valence-corrected chi connectivity index (χ4v) is 4.40. The van der Waals surface area contributed by atoms with Crippen molar-refractivity contribution in [2.45, 2.75) is 18.9 Å². The van der Waals surface area contributed by atoms with Crippen LogP contribution in [0.1, 0.15) is 22.6 Å². The van der Waals surface area contributed by atoms with Gasteiger partial charge >= 0.3 is 0 Å². The predicted octanol–water partition coefficient (Wildman–Crippen LogP) is 2.34. The number of carbonyl (C=O) groups excluding carboxylic acids is 1. The number of benzene rings is 1. The molecular weight excluding hydrogens is 310 g/mol. The molecule has 120 valence electrons. The SMILES string of the molecule is O=C(N[C@H]1CN2CCC1CC2)c1ncc(-c2ccccc2O)s1. The van der Waals surface area contributed by atoms with Gasteiger partial charge in [0.05, 0.1) is 4.88 Å². The minimum Gasteiger partial charge on any atom is -0.507 e. The summed E-state index contributed by atoms with van der Waals surface area (Å²) in [4.78, 5) is 19.9. The van der Waals surface area contributed by atoms with Gasteiger partial charge in [0.2, 0.25) is 0 Å². The quantitative estimate of drug-likeness (QED) is 0.907. The van der Waals surface area contributed by atoms with Crippen molar-refractivity contribution < 1.29 is 9.90 Å². The first-order chi connectivity index (χ1) is 11.2. The van der Waals surface area contributed by atoms with Crippen LogP contribution >= 0.6 is 11.3 Å². The summed E-state index contributed by atoms with van der Waals surface area (Å²) in [5.41, 5.74) is 0.715. The van der Waals surface area contributed by atoms with Crippen molar-refractivity contribution in [1.82, 2.24) is 15.2 Å². The number of hydrogen-bond acceptors (Lipinski definition) is 5. The van der Waals surface area contributed by atoms with Gasteiger partial charge in [-0.15, -0.1) is 11.3 Å². The maximum absolute atomic E-state index is 12.5. The van der Waals surface area contributed by atoms with Crippen molar-refractivity contribution in [3.8, 4) is 16.2 Å². The van der Waals surface area contributed by atoms with Crippen molar-refractivity contribution >= 4 is 17.2 Å². The maximum Gasteiger partial charge on any atom is 0.280 e. The van der Waals surface area contributed by atoms with Crippen molar-refractivity contribution in [1.29, 1.82) is 0 Å². The molecule has 0 radical (unpaired) electrons. The number of phenols is 1. The number of aromatic nitrogens is 1. The number of hydrogen-bond donors (Lipinski definition) is 2. The highest BCUT2D eigenvalue weighted by molar-refractivity contribution is 7.17. The lowest BCUT2D eigenvalue weighted by Gasteiger charge is -2.44. The molecular formula is C17H19N3O2S. The second-order valence-electron chi connectivity index (χ2n) is 6.26. The second-order valence-corrected chi connectivity index (χ2v) is 7.30. The third-order valence-electron chi connectivity index (χ3n) is 4.84. The number of carbonyl (C=O) groups is 1. The smallest absolute Gasteiger partial charge is 0.280 e. The molecule has 1 atom stereocenters. The summed E-state index contributed by atoms with van der Waals surface area (Å²) in [7, 11) is 0. The molecule has 3 fully saturated rings. The fourth-order valence-electron chi connectivity index (χ4n) is 3.54. The summed E-state index contributed by atoms with van der Waals surface area (Å²) < 4.78 is 0. The van der Waals surface area contributed by atoms with E-state index < -0.39 is 0 Å². The number of amides is 1. The molecule has 0 aliphatic carbocycles. The summed E-state index contributed by atoms with van der Waals surface area (Å²) in [6.45, 7) is 3.27. The minimum atomic E-state index is -0.101. The lowest BCUT2D eigenvalue weighted by atomic mass is 9.84. The molecule has 2 aromatic rings. The van der Waals surface area contributed by atoms with Crippen LogP contribution in [0.4, 0.5) is 0 Å². The van der Waals surface area contributed by atoms with Crippen LogP contribution in [0.2, 0.25) is 0 Å². The molecule has 5 rings (SSSR count). The summed E-state index contributed by atoms with van der Waals surface area (Å²) in [5, 5.41) is 13.5. The van der Waals surface area contributed by atoms with Crippen molar-refractivity contribution in [2.75, 3.05) is 19.6 Å². The van der Waals surface area contributed by atoms with Crippen LogP contribution in [0.25, 0.3) is 10.4 Å². The van der Waals surface area contributed by atoms with Gasteiger partial charge in [0.15, 0.2) is 5.01 Å². The molecule has 5 nitrogen and oxygen atoms in total. The van der Waals surface area contributed by atoms with E-state index in [2.05, 4.69) is 15.2 Å². The Morgan fingerprint density at radius 1 is 1.30 bits per heavy atom. The number of nitrogens with zero attached hydrogens (tertiary/aromatic N) is 2. The molecule has 2 bridgehead atoms. The van der Waals surface area contributed by atoms with Gasteiger partial charge in [-0.05, 0) is 44.0 Å². The van der Waals surface area contributed by atoms with Gasteiger partial charge in [0, 0.05) is 24.3 Å². The third-order valence-corrected chi connectivity index (χ3v) is 5.87. The Hall–Kier alpha value is -1.92. The third kappa shape index (κ3) is 2.84. The van der Waals surface area contributed by atoms with E-state index >= 15 is 0 Å². The van der Waals surface area contributed by atoms with Gasteiger partial charge in [0.25, 0.3) is 5.91 Å². The zero-order valence-electron chi connectivity index (χ0n) is 12.7. The molecule has 6 heteroatoms. The van der Waals surface area contributed by atoms with Crippen molar-refractivity contribution in [3.05, 3.63) is 35.5 Å². The molecule has 1 aromatic heterocycles. The predicted molar refractivity (Wildman–Crippen MR) is 89.6 cm³/mol. The monoisotopic (exact) mass is 329 g/mol. The first-order valence-corrected chi connectivity index (χ1v) is 8.80. The number of nitrogens with one attached hydrogen (secondary N) is 1. The maximum atomic E-state index is 12.5. The largest absolute Gasteiger partial charge is 0.507 e. The first kappa shape index (κ1) is 14.7. The Labute approximate surface area is 139 Å². The van der Waals surface area contributed by atoms with E-state index in [4.69, 9.17) is 0 Å². The zero-order valence-corrected chi connectivity index (χ0v) is 13.6. The van der Waals surface area contributed by atoms with Gasteiger partial charge in [0.1, 0.15) is 5.75 Å². The molecule has 3 aliphatic rings. The highest BCUT2D eigenvalue weighted by Crippen LogP contribution is 2.33. The van der Waals surface area contributed by atoms with Crippen LogP contribution in [-0.4, -0.2) is 46.6 Å². The summed E-state index contributed by atoms with van der Waals surface area (Å²) in [5.74, 6) is 0.706. The van der Waals surface area contributed by atoms with Crippen LogP contribution in [-0.2, 0) is 0 Å². The Bertz CT molecular complexity index is 722. The van der Waals surface area contributed by atoms with E-state index in [1.807, 2.05) is 12.1 Å². The number of fused-ring (bicyclic) bond motifs is 3. The number of phenolic OH excluding ortho intramolecular Hbond substituents is 1. The Balaban J connectivity index is 1.48. The normalized spacial score (nSPS) is 26.2. The van der Waals surface area contributed by atoms with E-state index in [9.17, 15) is 9.90 Å². The summed E-state index contributed by atoms with van der Waals surface area (Å²) in [6.07, 6.45) is 4.00. The number of thiazole rings is 1. The zero-order chi connectivity index (χ0) is 15.8. The highest BCUT2D eigenvalue weighted by atomic mass is 32.1. The van der Waals surface area contributed by atoms with Gasteiger partial charge in [-0.2, -0.15) is 0 Å². The molecule has 3 saturated heterocycles. The number of piperidine rings is 3. The van der Waals surface area contributed by atoms with Gasteiger partial charge in [-0.25, -0.2) is 4.98 Å². The van der Waals surface area contributed by atoms with E-state index in [1.54, 1.807) is 18.3 Å². The molecule has 0 unspecified atom stereocenters. The van der Waals surface area contributed by atoms with Gasteiger partial charge in [-0.1, -0.05) is 12.1 Å². The highest BCUT2D eigenvalue weighted by Gasteiger charge is 2.35. The van der Waals surface area contributed by atoms with Crippen LogP contribution in [0.15, 0.2) is 30.5 Å². The van der Waals surface area contributed by atoms with Gasteiger partial charge < -0.3 is 15.3 Å². The first-order valence-electron chi connectivity index (χ1n) is 7.98. The molecule has 0 spiro atoms. The Morgan fingerprint density at radius 3 is 2.78 bits per heavy atom. The average Bonchev–Trinajstić information content (AvgIpc) is 3.06. The van der Waals surface area contributed by atoms with E-state index in [0.29, 0.717) is 16.5 Å². The van der Waals surface area contributed by atoms with Crippen molar-refractivity contribution in [2.24, 2.45) is 5.92 Å². The fraction of sp³-hybridized carbons (Fsp3) is 0.412. The summed E-state index contributed by atoms with van der Waals surface area (Å²) in [6, 6.07) is 7.35. The molecule has 4 heterocycles. The van der Waals surface area contributed by atoms with E-state index in [-0.39, 0.29) is 17.7 Å². The lowest BCUT2D eigenvalue weighted by molar-refractivity contribution is 0.0620. The molecule has 1 amide bonds. The topological polar surface area (TPSA) is 65.5 Å². The second kappa shape index (κ2) is 5.94. The summed E-state index contributed by atoms with van der Waals surface area (Å²) >= 11 is 1.32. The Morgan fingerprint density at radius 2 is 2.09 bits per heavy atom. The van der Waals surface area contributed by atoms with E-state index in [1.165, 1.54) is 24.2 Å².